The van der Waals surface area contributed by atoms with Crippen molar-refractivity contribution in [1.29, 1.82) is 0 Å². The van der Waals surface area contributed by atoms with E-state index in [-0.39, 0.29) is 18.8 Å². The first-order valence-electron chi connectivity index (χ1n) is 7.20. The number of β-amino-alcohol motifs (C(OH)–C–C–N with tert-alkyl or cyclic N) is 1. The van der Waals surface area contributed by atoms with Crippen molar-refractivity contribution in [2.24, 2.45) is 0 Å². The van der Waals surface area contributed by atoms with Crippen LogP contribution in [0.3, 0.4) is 0 Å². The fraction of sp³-hybridized carbons (Fsp3) is 0.571. The van der Waals surface area contributed by atoms with Gasteiger partial charge in [0.1, 0.15) is 18.2 Å². The molecule has 0 amide bonds. The summed E-state index contributed by atoms with van der Waals surface area (Å²) in [4.78, 5) is 1.73. The summed E-state index contributed by atoms with van der Waals surface area (Å²) in [6.45, 7) is 2.82. The van der Waals surface area contributed by atoms with Crippen LogP contribution < -0.4 is 15.4 Å². The predicted octanol–water partition coefficient (Wildman–Crippen LogP) is 2.17. The molecule has 0 bridgehead atoms. The smallest absolute Gasteiger partial charge is 0.420 e. The van der Waals surface area contributed by atoms with Crippen LogP contribution in [0, 0.1) is 0 Å². The summed E-state index contributed by atoms with van der Waals surface area (Å²) in [5.41, 5.74) is -3.14. The molecular weight excluding hydrogens is 335 g/mol. The number of benzene rings is 1. The van der Waals surface area contributed by atoms with Gasteiger partial charge in [-0.25, -0.2) is 4.39 Å². The molecule has 1 aromatic rings. The van der Waals surface area contributed by atoms with Gasteiger partial charge in [0.15, 0.2) is 0 Å². The lowest BCUT2D eigenvalue weighted by molar-refractivity contribution is -0.0964. The molecule has 0 spiro atoms. The molecule has 3 unspecified atom stereocenters. The Morgan fingerprint density at radius 3 is 2.52 bits per heavy atom. The molecule has 1 fully saturated rings. The van der Waals surface area contributed by atoms with Gasteiger partial charge in [0, 0.05) is 30.4 Å². The summed E-state index contributed by atoms with van der Waals surface area (Å²) in [5, 5.41) is 15.8. The van der Waals surface area contributed by atoms with E-state index in [0.29, 0.717) is 12.2 Å². The van der Waals surface area contributed by atoms with Gasteiger partial charge in [-0.3, -0.25) is 10.2 Å². The molecule has 0 radical (unpaired) electrons. The molecule has 2 rings (SSSR count). The molecule has 3 atom stereocenters. The van der Waals surface area contributed by atoms with E-state index in [4.69, 9.17) is 11.6 Å². The molecule has 1 heterocycles. The van der Waals surface area contributed by atoms with Crippen molar-refractivity contribution in [3.63, 3.8) is 0 Å². The van der Waals surface area contributed by atoms with Gasteiger partial charge in [0.25, 0.3) is 0 Å². The molecule has 1 aliphatic rings. The van der Waals surface area contributed by atoms with E-state index >= 15 is 0 Å². The fourth-order valence-corrected chi connectivity index (χ4v) is 2.45. The van der Waals surface area contributed by atoms with Gasteiger partial charge in [0.2, 0.25) is 0 Å². The van der Waals surface area contributed by atoms with Crippen molar-refractivity contribution >= 4 is 17.3 Å². The van der Waals surface area contributed by atoms with Crippen molar-refractivity contribution in [2.75, 3.05) is 25.0 Å². The number of rotatable bonds is 7. The SMILES string of the molecule is CCNC(Nc1ccc(OC(F)(F)Cl)cc1)N1CC(O)C(F)C1. The van der Waals surface area contributed by atoms with Gasteiger partial charge in [-0.1, -0.05) is 6.92 Å². The zero-order valence-corrected chi connectivity index (χ0v) is 13.2. The molecule has 1 saturated heterocycles. The van der Waals surface area contributed by atoms with E-state index in [2.05, 4.69) is 15.4 Å². The molecule has 5 nitrogen and oxygen atoms in total. The second-order valence-electron chi connectivity index (χ2n) is 5.21. The summed E-state index contributed by atoms with van der Waals surface area (Å²) < 4.78 is 42.8. The lowest BCUT2D eigenvalue weighted by Crippen LogP contribution is -2.50. The first kappa shape index (κ1) is 18.1. The number of anilines is 1. The highest BCUT2D eigenvalue weighted by Gasteiger charge is 2.35. The van der Waals surface area contributed by atoms with Gasteiger partial charge in [-0.2, -0.15) is 0 Å². The zero-order valence-electron chi connectivity index (χ0n) is 12.5. The van der Waals surface area contributed by atoms with Gasteiger partial charge >= 0.3 is 5.57 Å². The summed E-state index contributed by atoms with van der Waals surface area (Å²) >= 11 is 4.70. The Morgan fingerprint density at radius 2 is 2.04 bits per heavy atom. The number of alkyl halides is 4. The van der Waals surface area contributed by atoms with Crippen molar-refractivity contribution < 1.29 is 23.0 Å². The molecule has 9 heteroatoms. The van der Waals surface area contributed by atoms with Crippen LogP contribution in [0.4, 0.5) is 18.9 Å². The Hall–Kier alpha value is -1.22. The molecule has 1 aliphatic heterocycles. The van der Waals surface area contributed by atoms with Crippen LogP contribution in [0.1, 0.15) is 6.92 Å². The van der Waals surface area contributed by atoms with Crippen LogP contribution in [-0.4, -0.2) is 53.8 Å². The predicted molar refractivity (Wildman–Crippen MR) is 81.4 cm³/mol. The molecule has 3 N–H and O–H groups in total. The van der Waals surface area contributed by atoms with Crippen molar-refractivity contribution in [1.82, 2.24) is 10.2 Å². The average Bonchev–Trinajstić information content (AvgIpc) is 2.79. The molecule has 130 valence electrons. The normalized spacial score (nSPS) is 23.7. The number of hydrogen-bond donors (Lipinski definition) is 3. The number of aliphatic hydroxyl groups is 1. The summed E-state index contributed by atoms with van der Waals surface area (Å²) in [7, 11) is 0. The topological polar surface area (TPSA) is 56.8 Å². The van der Waals surface area contributed by atoms with E-state index in [9.17, 15) is 18.3 Å². The number of hydrogen-bond acceptors (Lipinski definition) is 5. The largest absolute Gasteiger partial charge is 0.487 e. The number of nitrogens with one attached hydrogen (secondary N) is 2. The van der Waals surface area contributed by atoms with Crippen LogP contribution in [0.15, 0.2) is 24.3 Å². The third-order valence-electron chi connectivity index (χ3n) is 3.40. The maximum absolute atomic E-state index is 13.5. The van der Waals surface area contributed by atoms with E-state index < -0.39 is 24.1 Å². The second kappa shape index (κ2) is 7.57. The fourth-order valence-electron chi connectivity index (χ4n) is 2.36. The van der Waals surface area contributed by atoms with Crippen molar-refractivity contribution in [3.05, 3.63) is 24.3 Å². The highest BCUT2D eigenvalue weighted by molar-refractivity contribution is 6.20. The first-order valence-corrected chi connectivity index (χ1v) is 7.58. The van der Waals surface area contributed by atoms with Gasteiger partial charge in [-0.05, 0) is 30.8 Å². The minimum absolute atomic E-state index is 0.0732. The van der Waals surface area contributed by atoms with Crippen molar-refractivity contribution in [2.45, 2.75) is 31.1 Å². The maximum atomic E-state index is 13.5. The maximum Gasteiger partial charge on any atom is 0.487 e. The molecule has 0 saturated carbocycles. The molecule has 23 heavy (non-hydrogen) atoms. The Balaban J connectivity index is 2.00. The third-order valence-corrected chi connectivity index (χ3v) is 3.48. The Labute approximate surface area is 137 Å². The van der Waals surface area contributed by atoms with Crippen LogP contribution in [0.25, 0.3) is 0 Å². The molecule has 0 aliphatic carbocycles. The van der Waals surface area contributed by atoms with Crippen LogP contribution >= 0.6 is 11.6 Å². The Morgan fingerprint density at radius 1 is 1.39 bits per heavy atom. The zero-order chi connectivity index (χ0) is 17.0. The summed E-state index contributed by atoms with van der Waals surface area (Å²) in [6.07, 6.45) is -2.70. The van der Waals surface area contributed by atoms with E-state index in [1.54, 1.807) is 17.0 Å². The van der Waals surface area contributed by atoms with Gasteiger partial charge in [-0.15, -0.1) is 8.78 Å². The van der Waals surface area contributed by atoms with E-state index in [1.807, 2.05) is 6.92 Å². The van der Waals surface area contributed by atoms with Crippen LogP contribution in [0.5, 0.6) is 5.75 Å². The highest BCUT2D eigenvalue weighted by Crippen LogP contribution is 2.26. The second-order valence-corrected chi connectivity index (χ2v) is 5.65. The van der Waals surface area contributed by atoms with Crippen LogP contribution in [-0.2, 0) is 0 Å². The van der Waals surface area contributed by atoms with E-state index in [0.717, 1.165) is 0 Å². The third kappa shape index (κ3) is 5.42. The quantitative estimate of drug-likeness (QED) is 0.518. The summed E-state index contributed by atoms with van der Waals surface area (Å²) in [6, 6.07) is 5.78. The van der Waals surface area contributed by atoms with Gasteiger partial charge < -0.3 is 15.2 Å². The number of halogens is 4. The standard InChI is InChI=1S/C14H19ClF3N3O2/c1-2-19-13(21-7-11(16)12(22)8-21)20-9-3-5-10(6-4-9)23-14(15,17)18/h3-6,11-13,19-20,22H,2,7-8H2,1H3. The number of aliphatic hydroxyl groups excluding tert-OH is 1. The van der Waals surface area contributed by atoms with Gasteiger partial charge in [0.05, 0.1) is 6.10 Å². The number of ether oxygens (including phenoxy) is 1. The Kier molecular flexibility index (Phi) is 5.96. The minimum atomic E-state index is -3.76. The first-order chi connectivity index (χ1) is 10.8. The Bertz CT molecular complexity index is 491. The minimum Gasteiger partial charge on any atom is -0.420 e. The molecular formula is C14H19ClF3N3O2. The number of nitrogens with zero attached hydrogens (tertiary/aromatic N) is 1. The molecule has 0 aromatic heterocycles. The number of likely N-dealkylation sites (tertiary alicyclic amines) is 1. The lowest BCUT2D eigenvalue weighted by atomic mass is 10.3. The average molecular weight is 354 g/mol. The van der Waals surface area contributed by atoms with Crippen LogP contribution in [0.2, 0.25) is 0 Å². The molecule has 1 aromatic carbocycles. The summed E-state index contributed by atoms with van der Waals surface area (Å²) in [5.74, 6) is -0.0732. The monoisotopic (exact) mass is 353 g/mol. The van der Waals surface area contributed by atoms with E-state index in [1.165, 1.54) is 12.1 Å². The highest BCUT2D eigenvalue weighted by atomic mass is 35.5. The lowest BCUT2D eigenvalue weighted by Gasteiger charge is -2.29. The van der Waals surface area contributed by atoms with Crippen molar-refractivity contribution in [3.8, 4) is 5.75 Å².